The summed E-state index contributed by atoms with van der Waals surface area (Å²) in [6.45, 7) is 11.8. The van der Waals surface area contributed by atoms with Crippen LogP contribution in [0.5, 0.6) is 0 Å². The summed E-state index contributed by atoms with van der Waals surface area (Å²) in [6, 6.07) is 0. The number of morpholine rings is 1. The normalized spacial score (nSPS) is 18.9. The van der Waals surface area contributed by atoms with Gasteiger partial charge in [0.1, 0.15) is 0 Å². The van der Waals surface area contributed by atoms with Crippen molar-refractivity contribution in [2.45, 2.75) is 32.9 Å². The van der Waals surface area contributed by atoms with Gasteiger partial charge in [0.25, 0.3) is 0 Å². The van der Waals surface area contributed by atoms with Gasteiger partial charge in [0, 0.05) is 45.7 Å². The van der Waals surface area contributed by atoms with Gasteiger partial charge in [-0.05, 0) is 20.8 Å². The second kappa shape index (κ2) is 8.08. The van der Waals surface area contributed by atoms with E-state index in [9.17, 15) is 0 Å². The monoisotopic (exact) mass is 339 g/mol. The average molecular weight is 340 g/mol. The van der Waals surface area contributed by atoms with Crippen LogP contribution in [0.1, 0.15) is 24.5 Å². The molecule has 0 aromatic carbocycles. The van der Waals surface area contributed by atoms with Crippen molar-refractivity contribution < 1.29 is 4.74 Å². The topological polar surface area (TPSA) is 53.0 Å². The maximum Gasteiger partial charge on any atom is 0.193 e. The number of rotatable bonds is 5. The minimum atomic E-state index is -0.0425. The van der Waals surface area contributed by atoms with Gasteiger partial charge >= 0.3 is 0 Å². The van der Waals surface area contributed by atoms with Gasteiger partial charge in [-0.15, -0.1) is 11.3 Å². The molecule has 1 aromatic rings. The Bertz CT molecular complexity index is 528. The summed E-state index contributed by atoms with van der Waals surface area (Å²) in [7, 11) is 3.87. The van der Waals surface area contributed by atoms with E-state index in [1.807, 2.05) is 21.0 Å². The highest BCUT2D eigenvalue weighted by atomic mass is 32.1. The van der Waals surface area contributed by atoms with Crippen molar-refractivity contribution in [2.24, 2.45) is 4.99 Å². The fourth-order valence-corrected chi connectivity index (χ4v) is 3.42. The second-order valence-corrected chi connectivity index (χ2v) is 7.63. The zero-order valence-electron chi connectivity index (χ0n) is 14.9. The minimum Gasteiger partial charge on any atom is -0.373 e. The van der Waals surface area contributed by atoms with E-state index in [-0.39, 0.29) is 5.60 Å². The number of nitrogens with zero attached hydrogens (tertiary/aromatic N) is 4. The van der Waals surface area contributed by atoms with E-state index in [0.29, 0.717) is 0 Å². The molecule has 0 amide bonds. The molecule has 2 rings (SSSR count). The maximum atomic E-state index is 5.75. The third kappa shape index (κ3) is 5.75. The molecule has 1 N–H and O–H groups in total. The van der Waals surface area contributed by atoms with Crippen LogP contribution in [0, 0.1) is 6.92 Å². The lowest BCUT2D eigenvalue weighted by Crippen LogP contribution is -2.50. The number of nitrogens with one attached hydrogen (secondary N) is 1. The van der Waals surface area contributed by atoms with E-state index in [4.69, 9.17) is 4.74 Å². The van der Waals surface area contributed by atoms with Crippen molar-refractivity contribution in [1.29, 1.82) is 0 Å². The highest BCUT2D eigenvalue weighted by Gasteiger charge is 2.26. The third-order valence-corrected chi connectivity index (χ3v) is 4.68. The van der Waals surface area contributed by atoms with Gasteiger partial charge in [-0.2, -0.15) is 0 Å². The molecule has 0 spiro atoms. The summed E-state index contributed by atoms with van der Waals surface area (Å²) in [5.41, 5.74) is 1.05. The van der Waals surface area contributed by atoms with Crippen LogP contribution in [-0.2, 0) is 11.3 Å². The first kappa shape index (κ1) is 18.2. The number of hydrogen-bond acceptors (Lipinski definition) is 5. The molecule has 0 bridgehead atoms. The number of aryl methyl sites for hydroxylation is 1. The van der Waals surface area contributed by atoms with Crippen LogP contribution in [-0.4, -0.2) is 73.2 Å². The van der Waals surface area contributed by atoms with Crippen LogP contribution in [0.3, 0.4) is 0 Å². The maximum absolute atomic E-state index is 5.75. The number of ether oxygens (including phenoxy) is 1. The molecule has 130 valence electrons. The van der Waals surface area contributed by atoms with Crippen molar-refractivity contribution in [1.82, 2.24) is 20.1 Å². The van der Waals surface area contributed by atoms with E-state index in [1.165, 1.54) is 0 Å². The molecule has 6 nitrogen and oxygen atoms in total. The van der Waals surface area contributed by atoms with Gasteiger partial charge in [-0.25, -0.2) is 4.98 Å². The summed E-state index contributed by atoms with van der Waals surface area (Å²) in [5, 5.41) is 6.65. The summed E-state index contributed by atoms with van der Waals surface area (Å²) >= 11 is 1.69. The Morgan fingerprint density at radius 2 is 2.35 bits per heavy atom. The fourth-order valence-electron chi connectivity index (χ4n) is 2.81. The lowest BCUT2D eigenvalue weighted by Gasteiger charge is -2.38. The average Bonchev–Trinajstić information content (AvgIpc) is 2.87. The molecular formula is C16H29N5OS. The molecule has 1 aliphatic heterocycles. The first-order chi connectivity index (χ1) is 10.9. The quantitative estimate of drug-likeness (QED) is 0.652. The zero-order valence-corrected chi connectivity index (χ0v) is 15.7. The fraction of sp³-hybridized carbons (Fsp3) is 0.750. The van der Waals surface area contributed by atoms with Crippen molar-refractivity contribution in [3.8, 4) is 0 Å². The van der Waals surface area contributed by atoms with Crippen LogP contribution < -0.4 is 5.32 Å². The van der Waals surface area contributed by atoms with E-state index in [1.54, 1.807) is 11.3 Å². The van der Waals surface area contributed by atoms with E-state index in [0.717, 1.165) is 56.0 Å². The Kier molecular flexibility index (Phi) is 6.38. The van der Waals surface area contributed by atoms with Gasteiger partial charge in [-0.3, -0.25) is 9.89 Å². The highest BCUT2D eigenvalue weighted by molar-refractivity contribution is 7.09. The molecule has 1 aliphatic rings. The largest absolute Gasteiger partial charge is 0.373 e. The molecule has 0 unspecified atom stereocenters. The molecular weight excluding hydrogens is 310 g/mol. The van der Waals surface area contributed by atoms with Gasteiger partial charge in [0.15, 0.2) is 5.96 Å². The van der Waals surface area contributed by atoms with Gasteiger partial charge in [0.2, 0.25) is 0 Å². The van der Waals surface area contributed by atoms with Crippen molar-refractivity contribution in [3.63, 3.8) is 0 Å². The number of hydrogen-bond donors (Lipinski definition) is 1. The highest BCUT2D eigenvalue weighted by Crippen LogP contribution is 2.15. The van der Waals surface area contributed by atoms with Crippen molar-refractivity contribution in [3.05, 3.63) is 16.1 Å². The van der Waals surface area contributed by atoms with Crippen LogP contribution in [0.4, 0.5) is 0 Å². The van der Waals surface area contributed by atoms with Crippen molar-refractivity contribution in [2.75, 3.05) is 46.9 Å². The van der Waals surface area contributed by atoms with Crippen molar-refractivity contribution >= 4 is 17.3 Å². The molecule has 1 aromatic heterocycles. The molecule has 0 saturated carbocycles. The molecule has 1 saturated heterocycles. The Hall–Kier alpha value is -1.18. The Morgan fingerprint density at radius 3 is 2.96 bits per heavy atom. The molecule has 2 heterocycles. The van der Waals surface area contributed by atoms with E-state index in [2.05, 4.69) is 44.3 Å². The third-order valence-electron chi connectivity index (χ3n) is 3.85. The van der Waals surface area contributed by atoms with Gasteiger partial charge < -0.3 is 15.0 Å². The molecule has 0 radical (unpaired) electrons. The molecule has 0 atom stereocenters. The Labute approximate surface area is 143 Å². The lowest BCUT2D eigenvalue weighted by molar-refractivity contribution is -0.0852. The lowest BCUT2D eigenvalue weighted by atomic mass is 10.1. The minimum absolute atomic E-state index is 0.0425. The summed E-state index contributed by atoms with van der Waals surface area (Å²) in [6.07, 6.45) is 0. The summed E-state index contributed by atoms with van der Waals surface area (Å²) < 4.78 is 5.75. The van der Waals surface area contributed by atoms with Gasteiger partial charge in [-0.1, -0.05) is 0 Å². The smallest absolute Gasteiger partial charge is 0.193 e. The summed E-state index contributed by atoms with van der Waals surface area (Å²) in [5.74, 6) is 0.906. The SMILES string of the molecule is CN=C(NCCN1CCOC(C)(C)C1)N(C)Cc1csc(C)n1. The predicted octanol–water partition coefficient (Wildman–Crippen LogP) is 1.57. The molecule has 7 heteroatoms. The molecule has 23 heavy (non-hydrogen) atoms. The second-order valence-electron chi connectivity index (χ2n) is 6.57. The number of aliphatic imine (C=N–C) groups is 1. The number of guanidine groups is 1. The first-order valence-corrected chi connectivity index (χ1v) is 8.97. The first-order valence-electron chi connectivity index (χ1n) is 8.09. The molecule has 1 fully saturated rings. The zero-order chi connectivity index (χ0) is 16.9. The molecule has 0 aliphatic carbocycles. The van der Waals surface area contributed by atoms with Gasteiger partial charge in [0.05, 0.1) is 29.5 Å². The standard InChI is InChI=1S/C16H29N5OS/c1-13-19-14(11-23-13)10-20(5)15(17-4)18-6-7-21-8-9-22-16(2,3)12-21/h11H,6-10,12H2,1-5H3,(H,17,18). The summed E-state index contributed by atoms with van der Waals surface area (Å²) in [4.78, 5) is 13.4. The predicted molar refractivity (Wildman–Crippen MR) is 96.2 cm³/mol. The number of aromatic nitrogens is 1. The Balaban J connectivity index is 1.76. The van der Waals surface area contributed by atoms with Crippen LogP contribution in [0.25, 0.3) is 0 Å². The van der Waals surface area contributed by atoms with Crippen LogP contribution in [0.15, 0.2) is 10.4 Å². The van der Waals surface area contributed by atoms with E-state index < -0.39 is 0 Å². The Morgan fingerprint density at radius 1 is 1.57 bits per heavy atom. The van der Waals surface area contributed by atoms with Crippen LogP contribution in [0.2, 0.25) is 0 Å². The van der Waals surface area contributed by atoms with E-state index >= 15 is 0 Å². The van der Waals surface area contributed by atoms with Crippen LogP contribution >= 0.6 is 11.3 Å². The number of thiazole rings is 1.